The fourth-order valence-corrected chi connectivity index (χ4v) is 2.33. The molecule has 0 saturated heterocycles. The molecule has 0 saturated carbocycles. The zero-order chi connectivity index (χ0) is 15.4. The molecule has 0 spiro atoms. The fourth-order valence-electron chi connectivity index (χ4n) is 2.33. The number of hydrogen-bond donors (Lipinski definition) is 1. The third-order valence-corrected chi connectivity index (χ3v) is 3.35. The van der Waals surface area contributed by atoms with Gasteiger partial charge in [-0.25, -0.2) is 4.98 Å². The van der Waals surface area contributed by atoms with E-state index in [1.165, 1.54) is 6.08 Å². The van der Waals surface area contributed by atoms with E-state index in [1.807, 2.05) is 37.3 Å². The number of amides is 1. The molecule has 4 nitrogen and oxygen atoms in total. The first kappa shape index (κ1) is 14.1. The molecule has 1 amide bonds. The summed E-state index contributed by atoms with van der Waals surface area (Å²) in [6.45, 7) is 2.03. The van der Waals surface area contributed by atoms with Crippen molar-refractivity contribution >= 4 is 28.8 Å². The smallest absolute Gasteiger partial charge is 0.249 e. The van der Waals surface area contributed by atoms with E-state index in [0.717, 1.165) is 28.7 Å². The molecule has 1 N–H and O–H groups in total. The largest absolute Gasteiger partial charge is 0.460 e. The lowest BCUT2D eigenvalue weighted by Crippen LogP contribution is -2.08. The number of aryl methyl sites for hydroxylation is 1. The molecule has 0 aliphatic rings. The van der Waals surface area contributed by atoms with Crippen LogP contribution in [0.15, 0.2) is 59.2 Å². The first-order valence-corrected chi connectivity index (χ1v) is 7.18. The van der Waals surface area contributed by atoms with E-state index in [2.05, 4.69) is 10.3 Å². The molecule has 22 heavy (non-hydrogen) atoms. The van der Waals surface area contributed by atoms with Crippen LogP contribution in [0.25, 0.3) is 17.0 Å². The van der Waals surface area contributed by atoms with Crippen molar-refractivity contribution in [2.24, 2.45) is 0 Å². The van der Waals surface area contributed by atoms with Crippen LogP contribution in [0.4, 0.5) is 5.82 Å². The summed E-state index contributed by atoms with van der Waals surface area (Å²) >= 11 is 0. The minimum absolute atomic E-state index is 0.217. The Bertz CT molecular complexity index is 819. The van der Waals surface area contributed by atoms with Gasteiger partial charge in [-0.15, -0.1) is 0 Å². The minimum atomic E-state index is -0.217. The fraction of sp³-hybridized carbons (Fsp3) is 0.111. The first-order valence-electron chi connectivity index (χ1n) is 7.18. The number of fused-ring (bicyclic) bond motifs is 1. The molecule has 3 aromatic rings. The van der Waals surface area contributed by atoms with Crippen molar-refractivity contribution in [3.63, 3.8) is 0 Å². The molecule has 2 heterocycles. The lowest BCUT2D eigenvalue weighted by atomic mass is 10.1. The summed E-state index contributed by atoms with van der Waals surface area (Å²) in [7, 11) is 0. The Hall–Kier alpha value is -2.88. The quantitative estimate of drug-likeness (QED) is 0.738. The van der Waals surface area contributed by atoms with Crippen molar-refractivity contribution in [1.82, 2.24) is 4.98 Å². The van der Waals surface area contributed by atoms with Gasteiger partial charge in [0.25, 0.3) is 0 Å². The van der Waals surface area contributed by atoms with Gasteiger partial charge >= 0.3 is 0 Å². The van der Waals surface area contributed by atoms with Gasteiger partial charge in [-0.2, -0.15) is 0 Å². The molecule has 3 rings (SSSR count). The second-order valence-electron chi connectivity index (χ2n) is 4.83. The van der Waals surface area contributed by atoms with Gasteiger partial charge in [-0.05, 0) is 24.3 Å². The van der Waals surface area contributed by atoms with Crippen LogP contribution in [-0.2, 0) is 11.2 Å². The van der Waals surface area contributed by atoms with E-state index >= 15 is 0 Å². The number of hydrogen-bond acceptors (Lipinski definition) is 3. The Balaban J connectivity index is 1.84. The van der Waals surface area contributed by atoms with E-state index in [1.54, 1.807) is 24.4 Å². The Morgan fingerprint density at radius 2 is 2.05 bits per heavy atom. The third-order valence-electron chi connectivity index (χ3n) is 3.35. The number of nitrogens with one attached hydrogen (secondary N) is 1. The van der Waals surface area contributed by atoms with Gasteiger partial charge < -0.3 is 9.73 Å². The van der Waals surface area contributed by atoms with Crippen LogP contribution in [0, 0.1) is 0 Å². The first-order chi connectivity index (χ1) is 10.8. The number of para-hydroxylation sites is 1. The highest BCUT2D eigenvalue weighted by Crippen LogP contribution is 2.27. The number of aromatic nitrogens is 1. The zero-order valence-electron chi connectivity index (χ0n) is 12.2. The molecule has 0 fully saturated rings. The average Bonchev–Trinajstić information content (AvgIpc) is 2.91. The summed E-state index contributed by atoms with van der Waals surface area (Å²) in [6, 6.07) is 13.2. The van der Waals surface area contributed by atoms with Crippen LogP contribution >= 0.6 is 0 Å². The van der Waals surface area contributed by atoms with Gasteiger partial charge in [0, 0.05) is 29.6 Å². The Morgan fingerprint density at radius 3 is 2.82 bits per heavy atom. The maximum absolute atomic E-state index is 12.0. The summed E-state index contributed by atoms with van der Waals surface area (Å²) in [5, 5.41) is 3.74. The maximum Gasteiger partial charge on any atom is 0.249 e. The molecule has 2 aromatic heterocycles. The summed E-state index contributed by atoms with van der Waals surface area (Å²) in [5.74, 6) is 1.19. The van der Waals surface area contributed by atoms with Crippen molar-refractivity contribution in [3.05, 3.63) is 66.1 Å². The molecule has 0 bridgehead atoms. The minimum Gasteiger partial charge on any atom is -0.460 e. The highest BCUT2D eigenvalue weighted by Gasteiger charge is 2.10. The molecule has 0 radical (unpaired) electrons. The van der Waals surface area contributed by atoms with Crippen LogP contribution in [0.3, 0.4) is 0 Å². The second-order valence-corrected chi connectivity index (χ2v) is 4.83. The number of nitrogens with zero attached hydrogens (tertiary/aromatic N) is 1. The molecule has 1 aromatic carbocycles. The van der Waals surface area contributed by atoms with Crippen LogP contribution in [0.2, 0.25) is 0 Å². The van der Waals surface area contributed by atoms with Gasteiger partial charge in [-0.1, -0.05) is 31.2 Å². The van der Waals surface area contributed by atoms with Gasteiger partial charge in [0.2, 0.25) is 5.91 Å². The summed E-state index contributed by atoms with van der Waals surface area (Å²) < 4.78 is 5.80. The van der Waals surface area contributed by atoms with E-state index in [4.69, 9.17) is 4.42 Å². The summed E-state index contributed by atoms with van der Waals surface area (Å²) in [4.78, 5) is 16.0. The average molecular weight is 292 g/mol. The summed E-state index contributed by atoms with van der Waals surface area (Å²) in [5.41, 5.74) is 1.79. The maximum atomic E-state index is 12.0. The van der Waals surface area contributed by atoms with Gasteiger partial charge in [0.15, 0.2) is 0 Å². The molecular formula is C18H16N2O2. The summed E-state index contributed by atoms with van der Waals surface area (Å²) in [6.07, 6.45) is 5.71. The zero-order valence-corrected chi connectivity index (χ0v) is 12.2. The molecule has 4 heteroatoms. The van der Waals surface area contributed by atoms with E-state index in [0.29, 0.717) is 5.82 Å². The topological polar surface area (TPSA) is 55.1 Å². The van der Waals surface area contributed by atoms with Gasteiger partial charge in [-0.3, -0.25) is 4.79 Å². The molecule has 0 unspecified atom stereocenters. The number of pyridine rings is 1. The van der Waals surface area contributed by atoms with Crippen LogP contribution in [-0.4, -0.2) is 10.9 Å². The standard InChI is InChI=1S/C18H16N2O2/c1-2-15-14(13-7-3-4-8-16(13)22-15)10-11-18(21)20-17-9-5-6-12-19-17/h3-12H,2H2,1H3,(H,19,20,21)/b11-10+. The van der Waals surface area contributed by atoms with Crippen LogP contribution < -0.4 is 5.32 Å². The van der Waals surface area contributed by atoms with Gasteiger partial charge in [0.1, 0.15) is 17.2 Å². The second kappa shape index (κ2) is 6.26. The van der Waals surface area contributed by atoms with Crippen molar-refractivity contribution < 1.29 is 9.21 Å². The molecule has 0 aliphatic carbocycles. The number of furan rings is 1. The van der Waals surface area contributed by atoms with E-state index in [9.17, 15) is 4.79 Å². The lowest BCUT2D eigenvalue weighted by molar-refractivity contribution is -0.111. The number of carbonyl (C=O) groups excluding carboxylic acids is 1. The normalized spacial score (nSPS) is 11.1. The van der Waals surface area contributed by atoms with E-state index < -0.39 is 0 Å². The Kier molecular flexibility index (Phi) is 4.01. The molecule has 0 aliphatic heterocycles. The third kappa shape index (κ3) is 2.91. The monoisotopic (exact) mass is 292 g/mol. The van der Waals surface area contributed by atoms with Crippen molar-refractivity contribution in [2.45, 2.75) is 13.3 Å². The molecule has 0 atom stereocenters. The van der Waals surface area contributed by atoms with Crippen molar-refractivity contribution in [2.75, 3.05) is 5.32 Å². The predicted octanol–water partition coefficient (Wildman–Crippen LogP) is 4.04. The highest BCUT2D eigenvalue weighted by atomic mass is 16.3. The van der Waals surface area contributed by atoms with Crippen molar-refractivity contribution in [1.29, 1.82) is 0 Å². The van der Waals surface area contributed by atoms with Gasteiger partial charge in [0.05, 0.1) is 0 Å². The van der Waals surface area contributed by atoms with E-state index in [-0.39, 0.29) is 5.91 Å². The molecular weight excluding hydrogens is 276 g/mol. The number of carbonyl (C=O) groups is 1. The SMILES string of the molecule is CCc1oc2ccccc2c1/C=C/C(=O)Nc1ccccn1. The Morgan fingerprint density at radius 1 is 1.23 bits per heavy atom. The Labute approximate surface area is 128 Å². The lowest BCUT2D eigenvalue weighted by Gasteiger charge is -1.99. The number of rotatable bonds is 4. The molecule has 110 valence electrons. The number of anilines is 1. The van der Waals surface area contributed by atoms with Crippen molar-refractivity contribution in [3.8, 4) is 0 Å². The number of benzene rings is 1. The predicted molar refractivity (Wildman–Crippen MR) is 87.5 cm³/mol. The van der Waals surface area contributed by atoms with Crippen LogP contribution in [0.1, 0.15) is 18.2 Å². The van der Waals surface area contributed by atoms with Crippen LogP contribution in [0.5, 0.6) is 0 Å². The highest BCUT2D eigenvalue weighted by molar-refractivity contribution is 6.03.